The lowest BCUT2D eigenvalue weighted by molar-refractivity contribution is -0.134. The van der Waals surface area contributed by atoms with E-state index in [-0.39, 0.29) is 17.9 Å². The van der Waals surface area contributed by atoms with Crippen LogP contribution in [0.1, 0.15) is 49.3 Å². The molecular formula is C20H23NO. The Balaban J connectivity index is 1.86. The molecule has 1 fully saturated rings. The summed E-state index contributed by atoms with van der Waals surface area (Å²) >= 11 is 0. The fraction of sp³-hybridized carbons (Fsp3) is 0.350. The predicted octanol–water partition coefficient (Wildman–Crippen LogP) is 4.54. The van der Waals surface area contributed by atoms with E-state index >= 15 is 0 Å². The first-order chi connectivity index (χ1) is 10.8. The van der Waals surface area contributed by atoms with E-state index in [1.165, 1.54) is 5.56 Å². The lowest BCUT2D eigenvalue weighted by atomic mass is 9.93. The highest BCUT2D eigenvalue weighted by molar-refractivity contribution is 5.84. The molecule has 3 rings (SSSR count). The third kappa shape index (κ3) is 3.06. The van der Waals surface area contributed by atoms with Crippen molar-refractivity contribution in [1.29, 1.82) is 0 Å². The third-order valence-electron chi connectivity index (χ3n) is 4.67. The van der Waals surface area contributed by atoms with Crippen molar-refractivity contribution < 1.29 is 4.79 Å². The number of hydrogen-bond donors (Lipinski definition) is 0. The van der Waals surface area contributed by atoms with Crippen LogP contribution in [-0.2, 0) is 4.79 Å². The van der Waals surface area contributed by atoms with Crippen molar-refractivity contribution >= 4 is 5.91 Å². The molecule has 0 saturated carbocycles. The molecule has 22 heavy (non-hydrogen) atoms. The number of benzene rings is 2. The minimum absolute atomic E-state index is 0.00913. The topological polar surface area (TPSA) is 20.3 Å². The van der Waals surface area contributed by atoms with Gasteiger partial charge in [0.15, 0.2) is 0 Å². The van der Waals surface area contributed by atoms with Gasteiger partial charge in [0.1, 0.15) is 0 Å². The maximum Gasteiger partial charge on any atom is 0.230 e. The average Bonchev–Trinajstić information content (AvgIpc) is 2.77. The molecule has 1 heterocycles. The molecule has 2 atom stereocenters. The van der Waals surface area contributed by atoms with E-state index in [4.69, 9.17) is 0 Å². The van der Waals surface area contributed by atoms with E-state index in [9.17, 15) is 4.79 Å². The van der Waals surface area contributed by atoms with E-state index in [0.29, 0.717) is 0 Å². The zero-order valence-corrected chi connectivity index (χ0v) is 13.1. The van der Waals surface area contributed by atoms with E-state index in [0.717, 1.165) is 31.4 Å². The van der Waals surface area contributed by atoms with Crippen LogP contribution in [0.5, 0.6) is 0 Å². The number of likely N-dealkylation sites (tertiary alicyclic amines) is 1. The number of rotatable bonds is 3. The van der Waals surface area contributed by atoms with E-state index < -0.39 is 0 Å². The number of carbonyl (C=O) groups is 1. The SMILES string of the molecule is C[C@H](c1ccccc1)N1CCCC[C@H](c2ccccc2)C1=O. The molecule has 1 saturated heterocycles. The Morgan fingerprint density at radius 1 is 0.955 bits per heavy atom. The first kappa shape index (κ1) is 14.8. The van der Waals surface area contributed by atoms with Crippen LogP contribution in [0.2, 0.25) is 0 Å². The van der Waals surface area contributed by atoms with Crippen LogP contribution >= 0.6 is 0 Å². The van der Waals surface area contributed by atoms with Gasteiger partial charge in [-0.25, -0.2) is 0 Å². The first-order valence-electron chi connectivity index (χ1n) is 8.18. The molecule has 2 nitrogen and oxygen atoms in total. The molecule has 0 aliphatic carbocycles. The molecule has 2 aromatic carbocycles. The molecule has 0 N–H and O–H groups in total. The predicted molar refractivity (Wildman–Crippen MR) is 89.6 cm³/mol. The van der Waals surface area contributed by atoms with Gasteiger partial charge in [-0.05, 0) is 30.9 Å². The molecule has 0 radical (unpaired) electrons. The Morgan fingerprint density at radius 2 is 1.59 bits per heavy atom. The van der Waals surface area contributed by atoms with Crippen LogP contribution < -0.4 is 0 Å². The number of nitrogens with zero attached hydrogens (tertiary/aromatic N) is 1. The van der Waals surface area contributed by atoms with Crippen LogP contribution in [-0.4, -0.2) is 17.4 Å². The summed E-state index contributed by atoms with van der Waals surface area (Å²) in [5.74, 6) is 0.287. The molecule has 1 aliphatic heterocycles. The van der Waals surface area contributed by atoms with Crippen molar-refractivity contribution in [2.45, 2.75) is 38.1 Å². The third-order valence-corrected chi connectivity index (χ3v) is 4.67. The fourth-order valence-electron chi connectivity index (χ4n) is 3.36. The smallest absolute Gasteiger partial charge is 0.230 e. The van der Waals surface area contributed by atoms with Crippen LogP contribution in [0, 0.1) is 0 Å². The van der Waals surface area contributed by atoms with Crippen LogP contribution in [0.15, 0.2) is 60.7 Å². The van der Waals surface area contributed by atoms with Gasteiger partial charge in [-0.2, -0.15) is 0 Å². The summed E-state index contributed by atoms with van der Waals surface area (Å²) < 4.78 is 0. The lowest BCUT2D eigenvalue weighted by Gasteiger charge is -2.31. The Kier molecular flexibility index (Phi) is 4.57. The molecule has 2 aromatic rings. The minimum Gasteiger partial charge on any atom is -0.335 e. The van der Waals surface area contributed by atoms with Crippen LogP contribution in [0.3, 0.4) is 0 Å². The minimum atomic E-state index is 0.00913. The van der Waals surface area contributed by atoms with Gasteiger partial charge < -0.3 is 4.90 Å². The average molecular weight is 293 g/mol. The van der Waals surface area contributed by atoms with Crippen molar-refractivity contribution in [2.75, 3.05) is 6.54 Å². The molecule has 1 amide bonds. The second-order valence-electron chi connectivity index (χ2n) is 6.08. The maximum absolute atomic E-state index is 13.1. The second kappa shape index (κ2) is 6.78. The highest BCUT2D eigenvalue weighted by atomic mass is 16.2. The Hall–Kier alpha value is -2.09. The van der Waals surface area contributed by atoms with Crippen molar-refractivity contribution in [3.8, 4) is 0 Å². The van der Waals surface area contributed by atoms with Crippen molar-refractivity contribution in [2.24, 2.45) is 0 Å². The van der Waals surface area contributed by atoms with Crippen molar-refractivity contribution in [3.05, 3.63) is 71.8 Å². The molecule has 114 valence electrons. The first-order valence-corrected chi connectivity index (χ1v) is 8.18. The van der Waals surface area contributed by atoms with Crippen molar-refractivity contribution in [3.63, 3.8) is 0 Å². The van der Waals surface area contributed by atoms with Gasteiger partial charge in [0.25, 0.3) is 0 Å². The number of carbonyl (C=O) groups excluding carboxylic acids is 1. The Labute approximate surface area is 132 Å². The maximum atomic E-state index is 13.1. The van der Waals surface area contributed by atoms with E-state index in [1.54, 1.807) is 0 Å². The summed E-state index contributed by atoms with van der Waals surface area (Å²) in [7, 11) is 0. The Morgan fingerprint density at radius 3 is 2.27 bits per heavy atom. The van der Waals surface area contributed by atoms with Crippen molar-refractivity contribution in [1.82, 2.24) is 4.90 Å². The molecule has 2 heteroatoms. The molecule has 0 unspecified atom stereocenters. The van der Waals surface area contributed by atoms with E-state index in [1.807, 2.05) is 36.4 Å². The lowest BCUT2D eigenvalue weighted by Crippen LogP contribution is -2.36. The van der Waals surface area contributed by atoms with Crippen LogP contribution in [0.4, 0.5) is 0 Å². The Bertz CT molecular complexity index is 608. The normalized spacial score (nSPS) is 20.5. The van der Waals surface area contributed by atoms with Gasteiger partial charge in [-0.15, -0.1) is 0 Å². The molecule has 0 bridgehead atoms. The quantitative estimate of drug-likeness (QED) is 0.813. The summed E-state index contributed by atoms with van der Waals surface area (Å²) in [4.78, 5) is 15.2. The highest BCUT2D eigenvalue weighted by Gasteiger charge is 2.31. The number of hydrogen-bond acceptors (Lipinski definition) is 1. The summed E-state index contributed by atoms with van der Waals surface area (Å²) in [5, 5.41) is 0. The summed E-state index contributed by atoms with van der Waals surface area (Å²) in [6.45, 7) is 3.00. The standard InChI is InChI=1S/C20H23NO/c1-16(17-10-4-2-5-11-17)21-15-9-8-14-19(20(21)22)18-12-6-3-7-13-18/h2-7,10-13,16,19H,8-9,14-15H2,1H3/t16-,19-/m1/s1. The summed E-state index contributed by atoms with van der Waals surface area (Å²) in [6.07, 6.45) is 3.16. The highest BCUT2D eigenvalue weighted by Crippen LogP contribution is 2.32. The zero-order chi connectivity index (χ0) is 15.4. The van der Waals surface area contributed by atoms with Gasteiger partial charge in [0.05, 0.1) is 12.0 Å². The molecule has 1 aliphatic rings. The molecule has 0 spiro atoms. The van der Waals surface area contributed by atoms with Crippen LogP contribution in [0.25, 0.3) is 0 Å². The molecule has 0 aromatic heterocycles. The summed E-state index contributed by atoms with van der Waals surface area (Å²) in [6, 6.07) is 20.7. The summed E-state index contributed by atoms with van der Waals surface area (Å²) in [5.41, 5.74) is 2.37. The van der Waals surface area contributed by atoms with Gasteiger partial charge in [-0.1, -0.05) is 67.1 Å². The van der Waals surface area contributed by atoms with E-state index in [2.05, 4.69) is 36.1 Å². The second-order valence-corrected chi connectivity index (χ2v) is 6.08. The largest absolute Gasteiger partial charge is 0.335 e. The van der Waals surface area contributed by atoms with Gasteiger partial charge in [0, 0.05) is 6.54 Å². The number of amides is 1. The fourth-order valence-corrected chi connectivity index (χ4v) is 3.36. The monoisotopic (exact) mass is 293 g/mol. The van der Waals surface area contributed by atoms with Gasteiger partial charge in [0.2, 0.25) is 5.91 Å². The van der Waals surface area contributed by atoms with Gasteiger partial charge in [-0.3, -0.25) is 4.79 Å². The molecular weight excluding hydrogens is 270 g/mol. The zero-order valence-electron chi connectivity index (χ0n) is 13.1. The van der Waals surface area contributed by atoms with Gasteiger partial charge >= 0.3 is 0 Å².